The number of hydrogen-bond donors (Lipinski definition) is 1. The van der Waals surface area contributed by atoms with Crippen LogP contribution in [0.3, 0.4) is 0 Å². The molecule has 0 radical (unpaired) electrons. The lowest BCUT2D eigenvalue weighted by molar-refractivity contribution is -0.0856. The van der Waals surface area contributed by atoms with E-state index in [4.69, 9.17) is 4.74 Å². The Labute approximate surface area is 149 Å². The van der Waals surface area contributed by atoms with Crippen LogP contribution >= 0.6 is 0 Å². The number of nitrogens with zero attached hydrogens (tertiary/aromatic N) is 4. The summed E-state index contributed by atoms with van der Waals surface area (Å²) in [6.45, 7) is 0.313. The number of fused-ring (bicyclic) bond motifs is 1. The van der Waals surface area contributed by atoms with Crippen molar-refractivity contribution in [2.75, 3.05) is 25.1 Å². The summed E-state index contributed by atoms with van der Waals surface area (Å²) in [4.78, 5) is 8.39. The molecule has 136 valence electrons. The van der Waals surface area contributed by atoms with E-state index in [0.29, 0.717) is 37.7 Å². The number of nitrogens with one attached hydrogen (secondary N) is 1. The number of hydrogen-bond acceptors (Lipinski definition) is 5. The fourth-order valence-electron chi connectivity index (χ4n) is 3.19. The highest BCUT2D eigenvalue weighted by Crippen LogP contribution is 2.33. The third kappa shape index (κ3) is 3.37. The molecule has 1 aliphatic heterocycles. The number of alkyl halides is 2. The van der Waals surface area contributed by atoms with Crippen LogP contribution in [0, 0.1) is 5.92 Å². The van der Waals surface area contributed by atoms with E-state index in [-0.39, 0.29) is 0 Å². The molecular weight excluding hydrogens is 340 g/mol. The van der Waals surface area contributed by atoms with Gasteiger partial charge in [0.15, 0.2) is 0 Å². The minimum absolute atomic E-state index is 0.357. The van der Waals surface area contributed by atoms with Gasteiger partial charge in [-0.3, -0.25) is 0 Å². The van der Waals surface area contributed by atoms with E-state index in [9.17, 15) is 8.78 Å². The van der Waals surface area contributed by atoms with Crippen molar-refractivity contribution in [1.29, 1.82) is 0 Å². The Morgan fingerprint density at radius 1 is 1.19 bits per heavy atom. The molecule has 0 atom stereocenters. The van der Waals surface area contributed by atoms with Crippen molar-refractivity contribution in [1.82, 2.24) is 19.6 Å². The largest absolute Gasteiger partial charge is 0.381 e. The number of ether oxygens (including phenoxy) is 1. The van der Waals surface area contributed by atoms with Crippen molar-refractivity contribution >= 4 is 11.6 Å². The second kappa shape index (κ2) is 6.95. The highest BCUT2D eigenvalue weighted by Gasteiger charge is 2.40. The van der Waals surface area contributed by atoms with Crippen LogP contribution in [0.25, 0.3) is 17.0 Å². The van der Waals surface area contributed by atoms with Gasteiger partial charge < -0.3 is 10.1 Å². The number of rotatable bonds is 5. The molecule has 0 aliphatic carbocycles. The molecule has 4 rings (SSSR count). The summed E-state index contributed by atoms with van der Waals surface area (Å²) in [5.74, 6) is -2.77. The fourth-order valence-corrected chi connectivity index (χ4v) is 3.19. The van der Waals surface area contributed by atoms with Crippen molar-refractivity contribution < 1.29 is 13.5 Å². The lowest BCUT2D eigenvalue weighted by atomic mass is 9.93. The van der Waals surface area contributed by atoms with Crippen molar-refractivity contribution in [3.63, 3.8) is 0 Å². The fraction of sp³-hybridized carbons (Fsp3) is 0.389. The maximum Gasteiger partial charge on any atom is 0.267 e. The van der Waals surface area contributed by atoms with E-state index < -0.39 is 18.4 Å². The van der Waals surface area contributed by atoms with Crippen LogP contribution < -0.4 is 5.32 Å². The molecule has 1 N–H and O–H groups in total. The van der Waals surface area contributed by atoms with Gasteiger partial charge in [0.1, 0.15) is 12.1 Å². The van der Waals surface area contributed by atoms with E-state index >= 15 is 0 Å². The summed E-state index contributed by atoms with van der Waals surface area (Å²) in [5, 5.41) is 6.96. The maximum absolute atomic E-state index is 14.5. The average Bonchev–Trinajstić information content (AvgIpc) is 3.16. The Morgan fingerprint density at radius 3 is 2.73 bits per heavy atom. The first-order valence-electron chi connectivity index (χ1n) is 8.59. The van der Waals surface area contributed by atoms with Gasteiger partial charge in [0, 0.05) is 30.8 Å². The van der Waals surface area contributed by atoms with Crippen molar-refractivity contribution in [2.45, 2.75) is 18.8 Å². The highest BCUT2D eigenvalue weighted by atomic mass is 19.3. The Hall–Kier alpha value is -2.61. The first-order chi connectivity index (χ1) is 12.6. The molecule has 3 heterocycles. The van der Waals surface area contributed by atoms with Gasteiger partial charge in [0.05, 0.1) is 12.2 Å². The smallest absolute Gasteiger partial charge is 0.267 e. The molecule has 0 unspecified atom stereocenters. The molecule has 0 spiro atoms. The van der Waals surface area contributed by atoms with E-state index in [2.05, 4.69) is 20.4 Å². The second-order valence-electron chi connectivity index (χ2n) is 6.37. The molecule has 1 aliphatic rings. The third-order valence-electron chi connectivity index (χ3n) is 4.65. The monoisotopic (exact) mass is 359 g/mol. The molecule has 0 saturated carbocycles. The van der Waals surface area contributed by atoms with E-state index in [1.807, 2.05) is 30.3 Å². The van der Waals surface area contributed by atoms with Gasteiger partial charge >= 0.3 is 0 Å². The zero-order chi connectivity index (χ0) is 18.0. The van der Waals surface area contributed by atoms with Crippen molar-refractivity contribution in [3.05, 3.63) is 42.7 Å². The molecule has 1 aromatic carbocycles. The summed E-state index contributed by atoms with van der Waals surface area (Å²) < 4.78 is 35.8. The first-order valence-corrected chi connectivity index (χ1v) is 8.59. The predicted octanol–water partition coefficient (Wildman–Crippen LogP) is 3.27. The van der Waals surface area contributed by atoms with Crippen molar-refractivity contribution in [3.8, 4) is 11.3 Å². The van der Waals surface area contributed by atoms with Gasteiger partial charge in [-0.25, -0.2) is 8.78 Å². The minimum Gasteiger partial charge on any atom is -0.381 e. The minimum atomic E-state index is -2.82. The average molecular weight is 359 g/mol. The summed E-state index contributed by atoms with van der Waals surface area (Å²) in [5.41, 5.74) is 1.65. The topological polar surface area (TPSA) is 64.3 Å². The van der Waals surface area contributed by atoms with Crippen LogP contribution in [-0.4, -0.2) is 45.3 Å². The molecule has 2 aromatic heterocycles. The molecule has 1 fully saturated rings. The SMILES string of the molecule is FC(F)(CNc1cc(-c2ccccc2)n2ncnc2n1)C1CCOCC1. The number of anilines is 1. The van der Waals surface area contributed by atoms with E-state index in [0.717, 1.165) is 11.3 Å². The number of benzene rings is 1. The van der Waals surface area contributed by atoms with Gasteiger partial charge in [-0.05, 0) is 12.8 Å². The van der Waals surface area contributed by atoms with Crippen LogP contribution in [0.5, 0.6) is 0 Å². The predicted molar refractivity (Wildman–Crippen MR) is 93.2 cm³/mol. The molecule has 26 heavy (non-hydrogen) atoms. The van der Waals surface area contributed by atoms with Crippen LogP contribution in [-0.2, 0) is 4.74 Å². The Balaban J connectivity index is 1.59. The van der Waals surface area contributed by atoms with Crippen molar-refractivity contribution in [2.24, 2.45) is 5.92 Å². The molecule has 6 nitrogen and oxygen atoms in total. The summed E-state index contributed by atoms with van der Waals surface area (Å²) in [6, 6.07) is 11.3. The van der Waals surface area contributed by atoms with Crippen LogP contribution in [0.4, 0.5) is 14.6 Å². The number of halogens is 2. The Kier molecular flexibility index (Phi) is 4.50. The normalized spacial score (nSPS) is 16.1. The molecular formula is C18H19F2N5O. The van der Waals surface area contributed by atoms with Gasteiger partial charge in [-0.15, -0.1) is 0 Å². The lowest BCUT2D eigenvalue weighted by Crippen LogP contribution is -2.39. The van der Waals surface area contributed by atoms with Crippen LogP contribution in [0.15, 0.2) is 42.7 Å². The zero-order valence-electron chi connectivity index (χ0n) is 14.1. The zero-order valence-corrected chi connectivity index (χ0v) is 14.1. The summed E-state index contributed by atoms with van der Waals surface area (Å²) in [6.07, 6.45) is 2.15. The molecule has 8 heteroatoms. The second-order valence-corrected chi connectivity index (χ2v) is 6.37. The Bertz CT molecular complexity index is 878. The van der Waals surface area contributed by atoms with E-state index in [1.54, 1.807) is 10.6 Å². The van der Waals surface area contributed by atoms with Crippen LogP contribution in [0.1, 0.15) is 12.8 Å². The van der Waals surface area contributed by atoms with Gasteiger partial charge in [-0.2, -0.15) is 19.6 Å². The maximum atomic E-state index is 14.5. The number of aromatic nitrogens is 4. The molecule has 1 saturated heterocycles. The van der Waals surface area contributed by atoms with Gasteiger partial charge in [0.2, 0.25) is 0 Å². The van der Waals surface area contributed by atoms with Crippen LogP contribution in [0.2, 0.25) is 0 Å². The first kappa shape index (κ1) is 16.8. The van der Waals surface area contributed by atoms with Gasteiger partial charge in [-0.1, -0.05) is 30.3 Å². The lowest BCUT2D eigenvalue weighted by Gasteiger charge is -2.30. The molecule has 3 aromatic rings. The molecule has 0 amide bonds. The molecule has 0 bridgehead atoms. The standard InChI is InChI=1S/C18H19F2N5O/c19-18(20,14-6-8-26-9-7-14)11-21-16-10-15(13-4-2-1-3-5-13)25-17(24-16)22-12-23-25/h1-5,10,12,14H,6-9,11H2,(H,21,22,23,24). The highest BCUT2D eigenvalue weighted by molar-refractivity contribution is 5.65. The Morgan fingerprint density at radius 2 is 1.96 bits per heavy atom. The van der Waals surface area contributed by atoms with Gasteiger partial charge in [0.25, 0.3) is 11.7 Å². The third-order valence-corrected chi connectivity index (χ3v) is 4.65. The summed E-state index contributed by atoms with van der Waals surface area (Å²) >= 11 is 0. The quantitative estimate of drug-likeness (QED) is 0.757. The summed E-state index contributed by atoms with van der Waals surface area (Å²) in [7, 11) is 0. The van der Waals surface area contributed by atoms with E-state index in [1.165, 1.54) is 6.33 Å².